The van der Waals surface area contributed by atoms with Gasteiger partial charge in [0.05, 0.1) is 18.9 Å². The minimum atomic E-state index is -2.36. The number of hydrogen-bond donors (Lipinski definition) is 0. The van der Waals surface area contributed by atoms with Crippen LogP contribution in [0.4, 0.5) is 0 Å². The molecule has 0 saturated carbocycles. The third-order valence-corrected chi connectivity index (χ3v) is 8.62. The fourth-order valence-electron chi connectivity index (χ4n) is 1.52. The molecule has 0 fully saturated rings. The van der Waals surface area contributed by atoms with Gasteiger partial charge in [-0.25, -0.2) is 4.98 Å². The van der Waals surface area contributed by atoms with Crippen molar-refractivity contribution in [3.05, 3.63) is 17.6 Å². The smallest absolute Gasteiger partial charge is 0.265 e. The molecule has 24 heavy (non-hydrogen) atoms. The summed E-state index contributed by atoms with van der Waals surface area (Å²) < 4.78 is 17.1. The van der Waals surface area contributed by atoms with Crippen LogP contribution in [-0.2, 0) is 27.5 Å². The zero-order chi connectivity index (χ0) is 18.2. The van der Waals surface area contributed by atoms with E-state index in [0.717, 1.165) is 12.2 Å². The number of aromatic nitrogens is 2. The van der Waals surface area contributed by atoms with Crippen molar-refractivity contribution in [2.45, 2.75) is 33.8 Å². The summed E-state index contributed by atoms with van der Waals surface area (Å²) in [4.78, 5) is 10.3. The van der Waals surface area contributed by atoms with E-state index in [1.54, 1.807) is 29.3 Å². The highest BCUT2D eigenvalue weighted by Crippen LogP contribution is 2.61. The van der Waals surface area contributed by atoms with Crippen LogP contribution in [0.25, 0.3) is 0 Å². The molecular formula is C14H24N3O3PS3. The van der Waals surface area contributed by atoms with Gasteiger partial charge in [-0.3, -0.25) is 0 Å². The predicted molar refractivity (Wildman–Crippen MR) is 107 cm³/mol. The molecule has 0 unspecified atom stereocenters. The Morgan fingerprint density at radius 2 is 2.00 bits per heavy atom. The molecule has 1 aromatic rings. The van der Waals surface area contributed by atoms with Gasteiger partial charge in [0.25, 0.3) is 5.17 Å². The van der Waals surface area contributed by atoms with E-state index in [1.165, 1.54) is 0 Å². The van der Waals surface area contributed by atoms with Gasteiger partial charge in [0.2, 0.25) is 11.6 Å². The molecule has 0 aliphatic heterocycles. The van der Waals surface area contributed by atoms with E-state index < -0.39 is 5.69 Å². The van der Waals surface area contributed by atoms with Crippen molar-refractivity contribution in [2.75, 3.05) is 26.5 Å². The number of nitrogens with zero attached hydrogens (tertiary/aromatic N) is 3. The number of thiocarbonyl (C=S) groups is 1. The quantitative estimate of drug-likeness (QED) is 0.446. The van der Waals surface area contributed by atoms with Crippen LogP contribution in [0.2, 0.25) is 0 Å². The monoisotopic (exact) mass is 409 g/mol. The molecule has 0 N–H and O–H groups in total. The Balaban J connectivity index is 2.81. The van der Waals surface area contributed by atoms with E-state index in [2.05, 4.69) is 16.9 Å². The van der Waals surface area contributed by atoms with Gasteiger partial charge in [-0.15, -0.1) is 0 Å². The molecule has 0 saturated heterocycles. The van der Waals surface area contributed by atoms with Crippen LogP contribution in [0.5, 0.6) is 5.88 Å². The highest BCUT2D eigenvalue weighted by atomic mass is 32.9. The molecule has 1 heterocycles. The van der Waals surface area contributed by atoms with Crippen LogP contribution in [0.15, 0.2) is 6.07 Å². The molecule has 1 rings (SSSR count). The molecular weight excluding hydrogens is 385 g/mol. The van der Waals surface area contributed by atoms with Gasteiger partial charge in [-0.2, -0.15) is 4.98 Å². The Labute approximate surface area is 158 Å². The Morgan fingerprint density at radius 3 is 2.58 bits per heavy atom. The topological polar surface area (TPSA) is 56.7 Å². The molecule has 0 spiro atoms. The summed E-state index contributed by atoms with van der Waals surface area (Å²) in [7, 11) is 3.62. The van der Waals surface area contributed by atoms with Crippen molar-refractivity contribution in [2.24, 2.45) is 0 Å². The summed E-state index contributed by atoms with van der Waals surface area (Å²) in [6.45, 7) is 6.59. The third-order valence-electron chi connectivity index (χ3n) is 2.54. The van der Waals surface area contributed by atoms with Gasteiger partial charge >= 0.3 is 0 Å². The van der Waals surface area contributed by atoms with Crippen LogP contribution < -0.4 is 4.74 Å². The van der Waals surface area contributed by atoms with Crippen LogP contribution >= 0.6 is 29.3 Å². The second-order valence-corrected chi connectivity index (χ2v) is 11.8. The van der Waals surface area contributed by atoms with Crippen LogP contribution in [-0.4, -0.2) is 46.5 Å². The zero-order valence-electron chi connectivity index (χ0n) is 14.6. The highest BCUT2D eigenvalue weighted by Gasteiger charge is 2.20. The lowest BCUT2D eigenvalue weighted by Gasteiger charge is -2.20. The van der Waals surface area contributed by atoms with E-state index in [9.17, 15) is 0 Å². The van der Waals surface area contributed by atoms with Crippen molar-refractivity contribution in [1.29, 1.82) is 0 Å². The lowest BCUT2D eigenvalue weighted by molar-refractivity contribution is 0.258. The Hall–Kier alpha value is -0.310. The summed E-state index contributed by atoms with van der Waals surface area (Å²) >= 11 is 12.3. The molecule has 0 amide bonds. The molecule has 1 aromatic heterocycles. The third kappa shape index (κ3) is 7.72. The number of hydrogen-bond acceptors (Lipinski definition) is 8. The second-order valence-electron chi connectivity index (χ2n) is 4.98. The first-order valence-corrected chi connectivity index (χ1v) is 12.2. The van der Waals surface area contributed by atoms with E-state index in [-0.39, 0.29) is 6.61 Å². The maximum absolute atomic E-state index is 5.90. The molecule has 1 atom stereocenters. The first-order valence-electron chi connectivity index (χ1n) is 7.57. The Kier molecular flexibility index (Phi) is 9.63. The standard InChI is InChI=1S/C14H24N3O3PS3/c1-6-8-24-21(23,18-7-2)19-10-12-9-13(16-11(3)15-12)20-14(22)17(4)5/h9H,6-8,10H2,1-5H3/t21-/m0/s1. The minimum Gasteiger partial charge on any atom is -0.413 e. The van der Waals surface area contributed by atoms with Crippen molar-refractivity contribution >= 4 is 46.3 Å². The minimum absolute atomic E-state index is 0.252. The van der Waals surface area contributed by atoms with Gasteiger partial charge in [0.1, 0.15) is 5.82 Å². The Morgan fingerprint density at radius 1 is 1.29 bits per heavy atom. The second kappa shape index (κ2) is 10.6. The van der Waals surface area contributed by atoms with Crippen molar-refractivity contribution in [1.82, 2.24) is 14.9 Å². The van der Waals surface area contributed by atoms with E-state index >= 15 is 0 Å². The molecule has 0 aliphatic rings. The summed E-state index contributed by atoms with van der Waals surface area (Å²) in [5.41, 5.74) is -1.67. The first-order chi connectivity index (χ1) is 11.3. The summed E-state index contributed by atoms with van der Waals surface area (Å²) in [5.74, 6) is 1.88. The first kappa shape index (κ1) is 21.7. The number of aryl methyl sites for hydroxylation is 1. The molecule has 6 nitrogen and oxygen atoms in total. The summed E-state index contributed by atoms with van der Waals surface area (Å²) in [5, 5.41) is 0.331. The van der Waals surface area contributed by atoms with Gasteiger partial charge < -0.3 is 18.7 Å². The fourth-order valence-corrected chi connectivity index (χ4v) is 6.13. The lowest BCUT2D eigenvalue weighted by Crippen LogP contribution is -2.25. The molecule has 0 bridgehead atoms. The maximum Gasteiger partial charge on any atom is 0.265 e. The average molecular weight is 410 g/mol. The maximum atomic E-state index is 5.90. The Bertz CT molecular complexity index is 602. The molecule has 0 aliphatic carbocycles. The summed E-state index contributed by atoms with van der Waals surface area (Å²) in [6.07, 6.45) is 1.02. The van der Waals surface area contributed by atoms with Crippen molar-refractivity contribution < 1.29 is 13.8 Å². The van der Waals surface area contributed by atoms with Gasteiger partial charge in [0, 0.05) is 25.9 Å². The van der Waals surface area contributed by atoms with Gasteiger partial charge in [0.15, 0.2) is 0 Å². The highest BCUT2D eigenvalue weighted by molar-refractivity contribution is 8.67. The van der Waals surface area contributed by atoms with Gasteiger partial charge in [-0.1, -0.05) is 18.3 Å². The molecule has 10 heteroatoms. The van der Waals surface area contributed by atoms with Crippen LogP contribution in [0.3, 0.4) is 0 Å². The van der Waals surface area contributed by atoms with Gasteiger partial charge in [-0.05, 0) is 44.3 Å². The lowest BCUT2D eigenvalue weighted by atomic mass is 10.4. The number of ether oxygens (including phenoxy) is 1. The number of rotatable bonds is 9. The summed E-state index contributed by atoms with van der Waals surface area (Å²) in [6, 6.07) is 1.71. The van der Waals surface area contributed by atoms with E-state index in [4.69, 9.17) is 37.8 Å². The average Bonchev–Trinajstić information content (AvgIpc) is 2.51. The van der Waals surface area contributed by atoms with E-state index in [1.807, 2.05) is 21.0 Å². The normalized spacial score (nSPS) is 13.4. The largest absolute Gasteiger partial charge is 0.413 e. The molecule has 0 radical (unpaired) electrons. The van der Waals surface area contributed by atoms with Crippen molar-refractivity contribution in [3.8, 4) is 5.88 Å². The van der Waals surface area contributed by atoms with Crippen LogP contribution in [0, 0.1) is 6.92 Å². The predicted octanol–water partition coefficient (Wildman–Crippen LogP) is 3.93. The molecule has 136 valence electrons. The van der Waals surface area contributed by atoms with Crippen molar-refractivity contribution in [3.63, 3.8) is 0 Å². The SMILES string of the molecule is CCCS[P@@](=S)(OCC)OCc1cc(OC(=S)N(C)C)nc(C)n1. The van der Waals surface area contributed by atoms with Crippen LogP contribution in [0.1, 0.15) is 31.8 Å². The zero-order valence-corrected chi connectivity index (χ0v) is 18.0. The van der Waals surface area contributed by atoms with E-state index in [0.29, 0.717) is 29.2 Å². The molecule has 0 aromatic carbocycles. The fraction of sp³-hybridized carbons (Fsp3) is 0.643.